The summed E-state index contributed by atoms with van der Waals surface area (Å²) in [6.07, 6.45) is 0.766. The number of carbonyl (C=O) groups excluding carboxylic acids is 3. The van der Waals surface area contributed by atoms with Crippen molar-refractivity contribution in [3.05, 3.63) is 107 Å². The third kappa shape index (κ3) is 8.43. The molecule has 1 N–H and O–H groups in total. The topological polar surface area (TPSA) is 136 Å². The van der Waals surface area contributed by atoms with Gasteiger partial charge in [-0.3, -0.25) is 4.79 Å². The van der Waals surface area contributed by atoms with E-state index in [1.807, 2.05) is 33.8 Å². The Hall–Kier alpha value is -4.94. The lowest BCUT2D eigenvalue weighted by Gasteiger charge is -2.32. The van der Waals surface area contributed by atoms with E-state index in [0.717, 1.165) is 11.8 Å². The average molecular weight is 682 g/mol. The zero-order chi connectivity index (χ0) is 35.3. The number of hydrogen-bond donors (Lipinski definition) is 1. The van der Waals surface area contributed by atoms with Crippen molar-refractivity contribution >= 4 is 43.4 Å². The van der Waals surface area contributed by atoms with E-state index in [1.165, 1.54) is 14.2 Å². The fourth-order valence-corrected chi connectivity index (χ4v) is 5.04. The van der Waals surface area contributed by atoms with Crippen molar-refractivity contribution in [2.45, 2.75) is 52.9 Å². The van der Waals surface area contributed by atoms with E-state index in [2.05, 4.69) is 4.74 Å². The maximum Gasteiger partial charge on any atom is 0.495 e. The molecule has 0 unspecified atom stereocenters. The summed E-state index contributed by atoms with van der Waals surface area (Å²) in [7, 11) is 1.06. The van der Waals surface area contributed by atoms with Crippen LogP contribution in [-0.2, 0) is 30.0 Å². The summed E-state index contributed by atoms with van der Waals surface area (Å²) in [5, 5.41) is 9.68. The molecule has 1 fully saturated rings. The summed E-state index contributed by atoms with van der Waals surface area (Å²) in [5.74, 6) is 1.20. The van der Waals surface area contributed by atoms with Crippen LogP contribution in [0.4, 0.5) is 0 Å². The summed E-state index contributed by atoms with van der Waals surface area (Å²) in [6.45, 7) is 8.20. The molecule has 2 heterocycles. The van der Waals surface area contributed by atoms with Crippen LogP contribution in [0.5, 0.6) is 23.0 Å². The van der Waals surface area contributed by atoms with Crippen LogP contribution in [0.2, 0.25) is 0 Å². The molecule has 0 bridgehead atoms. The maximum absolute atomic E-state index is 11.7. The molecule has 2 aliphatic heterocycles. The zero-order valence-corrected chi connectivity index (χ0v) is 28.1. The van der Waals surface area contributed by atoms with Gasteiger partial charge in [-0.25, -0.2) is 9.59 Å². The van der Waals surface area contributed by atoms with Gasteiger partial charge in [-0.05, 0) is 111 Å². The number of hydrogen-bond acceptors (Lipinski definition) is 11. The molecule has 0 aromatic heterocycles. The Kier molecular flexibility index (Phi) is 11.9. The highest BCUT2D eigenvalue weighted by molar-refractivity contribution is 6.63. The first-order chi connectivity index (χ1) is 23.3. The Bertz CT molecular complexity index is 1840. The fraction of sp³-hybridized carbons (Fsp3) is 0.270. The van der Waals surface area contributed by atoms with E-state index < -0.39 is 37.4 Å². The summed E-state index contributed by atoms with van der Waals surface area (Å²) in [6, 6.07) is 23.8. The van der Waals surface area contributed by atoms with Gasteiger partial charge in [0.15, 0.2) is 0 Å². The van der Waals surface area contributed by atoms with Crippen LogP contribution in [0.1, 0.15) is 71.8 Å². The predicted molar refractivity (Wildman–Crippen MR) is 189 cm³/mol. The highest BCUT2D eigenvalue weighted by atomic mass is 16.7. The summed E-state index contributed by atoms with van der Waals surface area (Å²) in [4.78, 5) is 34.7. The maximum atomic E-state index is 11.7. The number of fused-ring (bicyclic) bond motifs is 1. The molecule has 0 aliphatic carbocycles. The van der Waals surface area contributed by atoms with Crippen molar-refractivity contribution in [3.63, 3.8) is 0 Å². The molecule has 2 aliphatic rings. The summed E-state index contributed by atoms with van der Waals surface area (Å²) < 4.78 is 38.3. The SMILES string of the molecule is C.COC(=O)c1cccc(Oc2ccc(C=O)c(B3OC(C)(C)C(C)(C)O3)c2)c1.COC(=O)c1cccc(Oc2ccc3c(c2)B(O)OC3)c1. The van der Waals surface area contributed by atoms with Gasteiger partial charge in [0.1, 0.15) is 29.3 Å². The Morgan fingerprint density at radius 2 is 1.20 bits per heavy atom. The second kappa shape index (κ2) is 15.7. The van der Waals surface area contributed by atoms with Crippen molar-refractivity contribution in [1.82, 2.24) is 0 Å². The number of esters is 2. The first-order valence-electron chi connectivity index (χ1n) is 15.4. The number of methoxy groups -OCH3 is 2. The third-order valence-electron chi connectivity index (χ3n) is 8.45. The zero-order valence-electron chi connectivity index (χ0n) is 28.1. The molecule has 4 aromatic rings. The van der Waals surface area contributed by atoms with Crippen LogP contribution in [0.15, 0.2) is 84.9 Å². The molecule has 0 atom stereocenters. The molecule has 13 heteroatoms. The van der Waals surface area contributed by atoms with Crippen LogP contribution >= 0.6 is 0 Å². The second-order valence-electron chi connectivity index (χ2n) is 12.3. The smallest absolute Gasteiger partial charge is 0.465 e. The quantitative estimate of drug-likeness (QED) is 0.144. The minimum Gasteiger partial charge on any atom is -0.465 e. The highest BCUT2D eigenvalue weighted by Crippen LogP contribution is 2.37. The fourth-order valence-electron chi connectivity index (χ4n) is 5.04. The molecule has 6 rings (SSSR count). The molecule has 0 spiro atoms. The largest absolute Gasteiger partial charge is 0.495 e. The summed E-state index contributed by atoms with van der Waals surface area (Å²) in [5.41, 5.74) is 2.46. The monoisotopic (exact) mass is 682 g/mol. The summed E-state index contributed by atoms with van der Waals surface area (Å²) >= 11 is 0. The van der Waals surface area contributed by atoms with Crippen LogP contribution in [0, 0.1) is 0 Å². The van der Waals surface area contributed by atoms with Crippen molar-refractivity contribution in [3.8, 4) is 23.0 Å². The molecular formula is C37H40B2O11. The van der Waals surface area contributed by atoms with E-state index in [0.29, 0.717) is 57.2 Å². The molecule has 0 radical (unpaired) electrons. The minimum absolute atomic E-state index is 0. The van der Waals surface area contributed by atoms with Gasteiger partial charge in [-0.1, -0.05) is 25.6 Å². The Balaban J connectivity index is 0.000000229. The van der Waals surface area contributed by atoms with Crippen LogP contribution in [0.25, 0.3) is 0 Å². The molecule has 1 saturated heterocycles. The number of carbonyl (C=O) groups is 3. The van der Waals surface area contributed by atoms with Gasteiger partial charge < -0.3 is 37.9 Å². The highest BCUT2D eigenvalue weighted by Gasteiger charge is 2.52. The van der Waals surface area contributed by atoms with Crippen molar-refractivity contribution in [1.29, 1.82) is 0 Å². The lowest BCUT2D eigenvalue weighted by atomic mass is 9.76. The number of benzene rings is 4. The second-order valence-corrected chi connectivity index (χ2v) is 12.3. The number of ether oxygens (including phenoxy) is 4. The predicted octanol–water partition coefficient (Wildman–Crippen LogP) is 5.50. The van der Waals surface area contributed by atoms with Gasteiger partial charge in [-0.15, -0.1) is 0 Å². The minimum atomic E-state index is -0.912. The van der Waals surface area contributed by atoms with Crippen molar-refractivity contribution in [2.75, 3.05) is 14.2 Å². The van der Waals surface area contributed by atoms with E-state index in [1.54, 1.807) is 78.9 Å². The molecule has 0 amide bonds. The van der Waals surface area contributed by atoms with Gasteiger partial charge in [-0.2, -0.15) is 0 Å². The molecular weight excluding hydrogens is 642 g/mol. The van der Waals surface area contributed by atoms with Gasteiger partial charge >= 0.3 is 26.2 Å². The lowest BCUT2D eigenvalue weighted by Crippen LogP contribution is -2.41. The van der Waals surface area contributed by atoms with Crippen molar-refractivity contribution in [2.24, 2.45) is 0 Å². The first kappa shape index (κ1) is 37.9. The first-order valence-corrected chi connectivity index (χ1v) is 15.4. The van der Waals surface area contributed by atoms with Crippen molar-refractivity contribution < 1.29 is 52.3 Å². The molecule has 260 valence electrons. The van der Waals surface area contributed by atoms with Gasteiger partial charge in [0.25, 0.3) is 0 Å². The average Bonchev–Trinajstić information content (AvgIpc) is 3.57. The van der Waals surface area contributed by atoms with Gasteiger partial charge in [0.2, 0.25) is 0 Å². The molecule has 0 saturated carbocycles. The molecule has 50 heavy (non-hydrogen) atoms. The molecule has 4 aromatic carbocycles. The van der Waals surface area contributed by atoms with E-state index in [9.17, 15) is 19.4 Å². The standard InChI is InChI=1S/C21H23BO6.C15H13BO5.CH4/c1-20(2)21(3,4)28-22(27-20)18-12-17(10-9-15(18)13-23)26-16-8-6-7-14(11-16)19(24)25-5;1-19-15(17)10-3-2-4-12(7-10)21-13-6-5-11-9-20-16(18)14(11)8-13;/h6-13H,1-5H3;2-8,18H,9H2,1H3;1H4. The van der Waals surface area contributed by atoms with Crippen LogP contribution in [-0.4, -0.2) is 62.9 Å². The molecule has 11 nitrogen and oxygen atoms in total. The lowest BCUT2D eigenvalue weighted by molar-refractivity contribution is 0.00578. The van der Waals surface area contributed by atoms with E-state index in [-0.39, 0.29) is 7.43 Å². The third-order valence-corrected chi connectivity index (χ3v) is 8.45. The van der Waals surface area contributed by atoms with E-state index in [4.69, 9.17) is 28.2 Å². The Morgan fingerprint density at radius 3 is 1.70 bits per heavy atom. The van der Waals surface area contributed by atoms with E-state index >= 15 is 0 Å². The Labute approximate surface area is 292 Å². The van der Waals surface area contributed by atoms with Gasteiger partial charge in [0, 0.05) is 5.56 Å². The van der Waals surface area contributed by atoms with Gasteiger partial charge in [0.05, 0.1) is 43.2 Å². The number of rotatable bonds is 8. The normalized spacial score (nSPS) is 15.1. The van der Waals surface area contributed by atoms with Crippen LogP contribution < -0.4 is 20.4 Å². The number of aldehydes is 1. The van der Waals surface area contributed by atoms with Crippen LogP contribution in [0.3, 0.4) is 0 Å². The Morgan fingerprint density at radius 1 is 0.720 bits per heavy atom.